The number of benzene rings is 3. The molecule has 0 saturated carbocycles. The third-order valence-corrected chi connectivity index (χ3v) is 8.71. The van der Waals surface area contributed by atoms with Crippen LogP contribution in [0.5, 0.6) is 11.5 Å². The van der Waals surface area contributed by atoms with Crippen LogP contribution in [0.2, 0.25) is 15.1 Å². The summed E-state index contributed by atoms with van der Waals surface area (Å²) in [6.07, 6.45) is 0.697. The molecule has 0 fully saturated rings. The Balaban J connectivity index is 1.48. The predicted octanol–water partition coefficient (Wildman–Crippen LogP) is 8.36. The van der Waals surface area contributed by atoms with E-state index in [1.54, 1.807) is 36.1 Å². The van der Waals surface area contributed by atoms with Crippen LogP contribution in [0.3, 0.4) is 0 Å². The van der Waals surface area contributed by atoms with Gasteiger partial charge in [-0.25, -0.2) is 9.48 Å². The second-order valence-electron chi connectivity index (χ2n) is 9.64. The van der Waals surface area contributed by atoms with Gasteiger partial charge in [0.2, 0.25) is 11.1 Å². The number of hydrogen-bond donors (Lipinski definition) is 1. The minimum atomic E-state index is -0.635. The summed E-state index contributed by atoms with van der Waals surface area (Å²) < 4.78 is 19.1. The molecule has 2 heterocycles. The molecule has 1 aliphatic rings. The number of rotatable bonds is 11. The lowest BCUT2D eigenvalue weighted by atomic mass is 9.95. The molecule has 3 aromatic carbocycles. The Morgan fingerprint density at radius 2 is 1.77 bits per heavy atom. The van der Waals surface area contributed by atoms with Crippen LogP contribution in [-0.4, -0.2) is 34.5 Å². The van der Waals surface area contributed by atoms with Crippen molar-refractivity contribution in [3.63, 3.8) is 0 Å². The van der Waals surface area contributed by atoms with Gasteiger partial charge in [0.15, 0.2) is 11.5 Å². The van der Waals surface area contributed by atoms with Crippen molar-refractivity contribution >= 4 is 58.5 Å². The first kappa shape index (κ1) is 31.1. The van der Waals surface area contributed by atoms with Gasteiger partial charge < -0.3 is 19.5 Å². The summed E-state index contributed by atoms with van der Waals surface area (Å²) in [5, 5.41) is 10.3. The minimum absolute atomic E-state index is 0.147. The number of aromatic nitrogens is 3. The Hall–Kier alpha value is -3.37. The normalized spacial score (nSPS) is 14.2. The Labute approximate surface area is 269 Å². The quantitative estimate of drug-likeness (QED) is 0.127. The fraction of sp³-hybridized carbons (Fsp3) is 0.258. The zero-order valence-corrected chi connectivity index (χ0v) is 26.8. The molecule has 0 amide bonds. The van der Waals surface area contributed by atoms with Gasteiger partial charge in [-0.1, -0.05) is 83.8 Å². The summed E-state index contributed by atoms with van der Waals surface area (Å²) >= 11 is 20.5. The average Bonchev–Trinajstić information content (AvgIpc) is 3.40. The molecule has 0 radical (unpaired) electrons. The molecule has 1 unspecified atom stereocenters. The molecule has 1 aromatic heterocycles. The number of nitrogens with zero attached hydrogens (tertiary/aromatic N) is 3. The standard InChI is InChI=1S/C31H29Cl3N4O4S/c1-4-14-41-29(39)27-18(2)35-30-36-31(43-17-20-8-5-6-9-22(20)32)37-38(30)28(27)19-12-13-25(26(15-19)40-3)42-16-21-23(33)10-7-11-24(21)34/h5-13,15,28H,4,14,16-17H2,1-3H3,(H,35,36,37). The second kappa shape index (κ2) is 13.9. The highest BCUT2D eigenvalue weighted by Gasteiger charge is 2.36. The van der Waals surface area contributed by atoms with Gasteiger partial charge in [0, 0.05) is 32.1 Å². The molecule has 224 valence electrons. The highest BCUT2D eigenvalue weighted by atomic mass is 35.5. The predicted molar refractivity (Wildman–Crippen MR) is 171 cm³/mol. The third-order valence-electron chi connectivity index (χ3n) is 6.74. The Bertz CT molecular complexity index is 1660. The van der Waals surface area contributed by atoms with Crippen LogP contribution >= 0.6 is 46.6 Å². The fourth-order valence-electron chi connectivity index (χ4n) is 4.59. The molecular formula is C31H29Cl3N4O4S. The lowest BCUT2D eigenvalue weighted by Gasteiger charge is -2.28. The van der Waals surface area contributed by atoms with Crippen molar-refractivity contribution in [2.24, 2.45) is 0 Å². The van der Waals surface area contributed by atoms with Crippen molar-refractivity contribution in [3.05, 3.63) is 104 Å². The Morgan fingerprint density at radius 1 is 1.02 bits per heavy atom. The SMILES string of the molecule is CCCOC(=O)C1=C(C)Nc2nc(SCc3ccccc3Cl)nn2C1c1ccc(OCc2c(Cl)cccc2Cl)c(OC)c1. The van der Waals surface area contributed by atoms with E-state index in [2.05, 4.69) is 5.32 Å². The number of thioether (sulfide) groups is 1. The molecule has 0 saturated heterocycles. The van der Waals surface area contributed by atoms with E-state index in [4.69, 9.17) is 59.1 Å². The number of methoxy groups -OCH3 is 1. The molecular weight excluding hydrogens is 631 g/mol. The Kier molecular flexibility index (Phi) is 10.1. The molecule has 12 heteroatoms. The number of allylic oxidation sites excluding steroid dienone is 1. The van der Waals surface area contributed by atoms with E-state index in [1.165, 1.54) is 11.8 Å². The molecule has 0 spiro atoms. The van der Waals surface area contributed by atoms with Crippen molar-refractivity contribution in [1.82, 2.24) is 14.8 Å². The summed E-state index contributed by atoms with van der Waals surface area (Å²) in [5.41, 5.74) is 3.43. The van der Waals surface area contributed by atoms with Crippen LogP contribution in [0, 0.1) is 0 Å². The van der Waals surface area contributed by atoms with Gasteiger partial charge in [0.05, 0.1) is 19.3 Å². The molecule has 1 aliphatic heterocycles. The Morgan fingerprint density at radius 3 is 2.49 bits per heavy atom. The summed E-state index contributed by atoms with van der Waals surface area (Å²) in [6.45, 7) is 4.22. The third kappa shape index (κ3) is 6.91. The number of hydrogen-bond acceptors (Lipinski definition) is 8. The van der Waals surface area contributed by atoms with Gasteiger partial charge >= 0.3 is 5.97 Å². The van der Waals surface area contributed by atoms with Crippen LogP contribution < -0.4 is 14.8 Å². The largest absolute Gasteiger partial charge is 0.493 e. The van der Waals surface area contributed by atoms with Crippen LogP contribution in [0.15, 0.2) is 77.1 Å². The molecule has 0 bridgehead atoms. The number of halogens is 3. The van der Waals surface area contributed by atoms with E-state index in [0.717, 1.165) is 11.1 Å². The van der Waals surface area contributed by atoms with Crippen LogP contribution in [0.1, 0.15) is 43.0 Å². The van der Waals surface area contributed by atoms with E-state index in [9.17, 15) is 4.79 Å². The highest BCUT2D eigenvalue weighted by molar-refractivity contribution is 7.98. The molecule has 0 aliphatic carbocycles. The minimum Gasteiger partial charge on any atom is -0.493 e. The number of nitrogens with one attached hydrogen (secondary N) is 1. The van der Waals surface area contributed by atoms with Gasteiger partial charge in [-0.2, -0.15) is 4.98 Å². The van der Waals surface area contributed by atoms with Gasteiger partial charge in [0.25, 0.3) is 0 Å². The number of esters is 1. The number of fused-ring (bicyclic) bond motifs is 1. The monoisotopic (exact) mass is 658 g/mol. The second-order valence-corrected chi connectivity index (χ2v) is 11.8. The summed E-state index contributed by atoms with van der Waals surface area (Å²) in [4.78, 5) is 18.1. The first-order valence-electron chi connectivity index (χ1n) is 13.5. The number of carbonyl (C=O) groups excluding carboxylic acids is 1. The van der Waals surface area contributed by atoms with Gasteiger partial charge in [0.1, 0.15) is 12.6 Å². The first-order chi connectivity index (χ1) is 20.8. The van der Waals surface area contributed by atoms with Crippen molar-refractivity contribution in [3.8, 4) is 11.5 Å². The number of ether oxygens (including phenoxy) is 3. The smallest absolute Gasteiger partial charge is 0.338 e. The molecule has 5 rings (SSSR count). The van der Waals surface area contributed by atoms with Crippen molar-refractivity contribution in [2.45, 2.75) is 43.8 Å². The highest BCUT2D eigenvalue weighted by Crippen LogP contribution is 2.40. The number of carbonyl (C=O) groups is 1. The maximum atomic E-state index is 13.4. The maximum absolute atomic E-state index is 13.4. The summed E-state index contributed by atoms with van der Waals surface area (Å²) in [7, 11) is 1.55. The fourth-order valence-corrected chi connectivity index (χ4v) is 6.21. The lowest BCUT2D eigenvalue weighted by Crippen LogP contribution is -2.29. The average molecular weight is 660 g/mol. The van der Waals surface area contributed by atoms with E-state index in [0.29, 0.717) is 73.3 Å². The van der Waals surface area contributed by atoms with E-state index < -0.39 is 12.0 Å². The van der Waals surface area contributed by atoms with E-state index in [1.807, 2.05) is 50.2 Å². The van der Waals surface area contributed by atoms with E-state index >= 15 is 0 Å². The molecule has 1 N–H and O–H groups in total. The van der Waals surface area contributed by atoms with Crippen LogP contribution in [-0.2, 0) is 21.9 Å². The van der Waals surface area contributed by atoms with Gasteiger partial charge in [-0.15, -0.1) is 5.10 Å². The van der Waals surface area contributed by atoms with E-state index in [-0.39, 0.29) is 6.61 Å². The summed E-state index contributed by atoms with van der Waals surface area (Å²) in [6, 6.07) is 17.8. The topological polar surface area (TPSA) is 87.5 Å². The van der Waals surface area contributed by atoms with Gasteiger partial charge in [-0.05, 0) is 54.8 Å². The van der Waals surface area contributed by atoms with Crippen molar-refractivity contribution in [2.75, 3.05) is 19.0 Å². The van der Waals surface area contributed by atoms with Crippen LogP contribution in [0.25, 0.3) is 0 Å². The summed E-state index contributed by atoms with van der Waals surface area (Å²) in [5.74, 6) is 1.61. The zero-order chi connectivity index (χ0) is 30.5. The maximum Gasteiger partial charge on any atom is 0.338 e. The van der Waals surface area contributed by atoms with Crippen molar-refractivity contribution in [1.29, 1.82) is 0 Å². The molecule has 4 aromatic rings. The molecule has 8 nitrogen and oxygen atoms in total. The first-order valence-corrected chi connectivity index (χ1v) is 15.6. The number of anilines is 1. The van der Waals surface area contributed by atoms with Crippen LogP contribution in [0.4, 0.5) is 5.95 Å². The van der Waals surface area contributed by atoms with Crippen molar-refractivity contribution < 1.29 is 19.0 Å². The van der Waals surface area contributed by atoms with Gasteiger partial charge in [-0.3, -0.25) is 0 Å². The molecule has 43 heavy (non-hydrogen) atoms. The zero-order valence-electron chi connectivity index (χ0n) is 23.7. The molecule has 1 atom stereocenters. The lowest BCUT2D eigenvalue weighted by molar-refractivity contribution is -0.139.